The number of amides is 1. The Hall–Kier alpha value is -2.64. The number of nitrogens with two attached hydrogens (primary N) is 1. The van der Waals surface area contributed by atoms with Crippen LogP contribution >= 0.6 is 0 Å². The SMILES string of the molecule is CCc1cc(N2CCc3c(c(C(N)=O)nn3C)C2)nc(N2CCCC2)n1. The minimum atomic E-state index is -0.474. The van der Waals surface area contributed by atoms with Gasteiger partial charge in [0.25, 0.3) is 5.91 Å². The second-order valence-electron chi connectivity index (χ2n) is 7.00. The van der Waals surface area contributed by atoms with Crippen LogP contribution in [0, 0.1) is 0 Å². The number of aryl methyl sites for hydroxylation is 2. The van der Waals surface area contributed by atoms with Crippen molar-refractivity contribution in [2.45, 2.75) is 39.2 Å². The molecule has 1 amide bonds. The fourth-order valence-corrected chi connectivity index (χ4v) is 3.86. The number of rotatable bonds is 4. The quantitative estimate of drug-likeness (QED) is 0.881. The number of carbonyl (C=O) groups is 1. The van der Waals surface area contributed by atoms with Gasteiger partial charge in [-0.05, 0) is 19.3 Å². The van der Waals surface area contributed by atoms with Crippen molar-refractivity contribution >= 4 is 17.7 Å². The van der Waals surface area contributed by atoms with Gasteiger partial charge in [0.1, 0.15) is 5.82 Å². The first-order valence-corrected chi connectivity index (χ1v) is 9.29. The van der Waals surface area contributed by atoms with E-state index in [1.807, 2.05) is 7.05 Å². The van der Waals surface area contributed by atoms with Gasteiger partial charge >= 0.3 is 0 Å². The van der Waals surface area contributed by atoms with E-state index < -0.39 is 5.91 Å². The summed E-state index contributed by atoms with van der Waals surface area (Å²) in [7, 11) is 1.87. The Balaban J connectivity index is 1.68. The molecular weight excluding hydrogens is 330 g/mol. The molecule has 2 aliphatic rings. The Kier molecular flexibility index (Phi) is 4.26. The number of aromatic nitrogens is 4. The van der Waals surface area contributed by atoms with Gasteiger partial charge in [0.15, 0.2) is 5.69 Å². The summed E-state index contributed by atoms with van der Waals surface area (Å²) in [5, 5.41) is 4.31. The van der Waals surface area contributed by atoms with Crippen LogP contribution in [0.25, 0.3) is 0 Å². The number of fused-ring (bicyclic) bond motifs is 1. The van der Waals surface area contributed by atoms with Crippen molar-refractivity contribution in [3.63, 3.8) is 0 Å². The summed E-state index contributed by atoms with van der Waals surface area (Å²) >= 11 is 0. The second kappa shape index (κ2) is 6.59. The van der Waals surface area contributed by atoms with Crippen molar-refractivity contribution in [3.8, 4) is 0 Å². The largest absolute Gasteiger partial charge is 0.364 e. The number of nitrogens with zero attached hydrogens (tertiary/aromatic N) is 6. The fourth-order valence-electron chi connectivity index (χ4n) is 3.86. The normalized spacial score (nSPS) is 16.8. The lowest BCUT2D eigenvalue weighted by Gasteiger charge is -2.29. The van der Waals surface area contributed by atoms with E-state index in [4.69, 9.17) is 15.7 Å². The first-order valence-electron chi connectivity index (χ1n) is 9.29. The van der Waals surface area contributed by atoms with Crippen LogP contribution < -0.4 is 15.5 Å². The highest BCUT2D eigenvalue weighted by molar-refractivity contribution is 5.92. The Morgan fingerprint density at radius 3 is 2.65 bits per heavy atom. The van der Waals surface area contributed by atoms with Gasteiger partial charge in [-0.15, -0.1) is 0 Å². The van der Waals surface area contributed by atoms with E-state index in [0.29, 0.717) is 12.2 Å². The molecule has 0 spiro atoms. The number of anilines is 2. The lowest BCUT2D eigenvalue weighted by atomic mass is 10.0. The lowest BCUT2D eigenvalue weighted by molar-refractivity contribution is 0.0994. The van der Waals surface area contributed by atoms with E-state index in [0.717, 1.165) is 61.2 Å². The molecule has 0 aromatic carbocycles. The van der Waals surface area contributed by atoms with Crippen molar-refractivity contribution in [1.82, 2.24) is 19.7 Å². The fraction of sp³-hybridized carbons (Fsp3) is 0.556. The average molecular weight is 355 g/mol. The molecule has 4 heterocycles. The van der Waals surface area contributed by atoms with Gasteiger partial charge in [-0.25, -0.2) is 4.98 Å². The van der Waals surface area contributed by atoms with Gasteiger partial charge < -0.3 is 15.5 Å². The maximum absolute atomic E-state index is 11.8. The molecular formula is C18H25N7O. The predicted octanol–water partition coefficient (Wildman–Crippen LogP) is 1.03. The lowest BCUT2D eigenvalue weighted by Crippen LogP contribution is -2.33. The van der Waals surface area contributed by atoms with Gasteiger partial charge in [-0.3, -0.25) is 9.48 Å². The monoisotopic (exact) mass is 355 g/mol. The van der Waals surface area contributed by atoms with Crippen molar-refractivity contribution in [1.29, 1.82) is 0 Å². The molecule has 2 N–H and O–H groups in total. The van der Waals surface area contributed by atoms with Crippen LogP contribution in [0.3, 0.4) is 0 Å². The highest BCUT2D eigenvalue weighted by Gasteiger charge is 2.27. The first-order chi connectivity index (χ1) is 12.6. The maximum Gasteiger partial charge on any atom is 0.269 e. The van der Waals surface area contributed by atoms with E-state index >= 15 is 0 Å². The van der Waals surface area contributed by atoms with Gasteiger partial charge in [0, 0.05) is 62.7 Å². The minimum absolute atomic E-state index is 0.372. The highest BCUT2D eigenvalue weighted by Crippen LogP contribution is 2.27. The van der Waals surface area contributed by atoms with Gasteiger partial charge in [-0.1, -0.05) is 6.92 Å². The van der Waals surface area contributed by atoms with Crippen LogP contribution in [-0.4, -0.2) is 45.3 Å². The molecule has 0 bridgehead atoms. The Labute approximate surface area is 153 Å². The molecule has 8 nitrogen and oxygen atoms in total. The van der Waals surface area contributed by atoms with E-state index in [-0.39, 0.29) is 0 Å². The predicted molar refractivity (Wildman–Crippen MR) is 99.3 cm³/mol. The summed E-state index contributed by atoms with van der Waals surface area (Å²) in [5.74, 6) is 1.27. The average Bonchev–Trinajstić information content (AvgIpc) is 3.29. The topological polar surface area (TPSA) is 93.2 Å². The molecule has 26 heavy (non-hydrogen) atoms. The third kappa shape index (κ3) is 2.89. The summed E-state index contributed by atoms with van der Waals surface area (Å²) < 4.78 is 1.78. The maximum atomic E-state index is 11.8. The molecule has 4 rings (SSSR count). The molecule has 0 saturated carbocycles. The number of primary amides is 1. The zero-order chi connectivity index (χ0) is 18.3. The van der Waals surface area contributed by atoms with E-state index in [2.05, 4.69) is 27.9 Å². The number of hydrogen-bond donors (Lipinski definition) is 1. The molecule has 0 radical (unpaired) electrons. The Morgan fingerprint density at radius 1 is 1.19 bits per heavy atom. The zero-order valence-electron chi connectivity index (χ0n) is 15.4. The third-order valence-electron chi connectivity index (χ3n) is 5.30. The van der Waals surface area contributed by atoms with Crippen molar-refractivity contribution < 1.29 is 4.79 Å². The molecule has 1 fully saturated rings. The molecule has 0 atom stereocenters. The second-order valence-corrected chi connectivity index (χ2v) is 7.00. The first kappa shape index (κ1) is 16.8. The summed E-state index contributed by atoms with van der Waals surface area (Å²) in [6.07, 6.45) is 4.07. The van der Waals surface area contributed by atoms with Gasteiger partial charge in [0.2, 0.25) is 5.95 Å². The molecule has 138 valence electrons. The standard InChI is InChI=1S/C18H25N7O/c1-3-12-10-15(21-18(20-12)24-7-4-5-8-24)25-9-6-14-13(11-25)16(17(19)26)22-23(14)2/h10H,3-9,11H2,1-2H3,(H2,19,26). The molecule has 8 heteroatoms. The molecule has 0 aliphatic carbocycles. The smallest absolute Gasteiger partial charge is 0.269 e. The summed E-state index contributed by atoms with van der Waals surface area (Å²) in [6.45, 7) is 5.59. The Bertz CT molecular complexity index is 838. The highest BCUT2D eigenvalue weighted by atomic mass is 16.1. The van der Waals surface area contributed by atoms with Gasteiger partial charge in [-0.2, -0.15) is 10.1 Å². The molecule has 2 aromatic rings. The minimum Gasteiger partial charge on any atom is -0.364 e. The van der Waals surface area contributed by atoms with Crippen LogP contribution in [0.2, 0.25) is 0 Å². The summed E-state index contributed by atoms with van der Waals surface area (Å²) in [4.78, 5) is 25.8. The Morgan fingerprint density at radius 2 is 1.96 bits per heavy atom. The molecule has 2 aromatic heterocycles. The van der Waals surface area contributed by atoms with Crippen LogP contribution in [0.1, 0.15) is 47.2 Å². The number of carbonyl (C=O) groups excluding carboxylic acids is 1. The third-order valence-corrected chi connectivity index (χ3v) is 5.30. The van der Waals surface area contributed by atoms with Crippen molar-refractivity contribution in [2.75, 3.05) is 29.4 Å². The molecule has 1 saturated heterocycles. The van der Waals surface area contributed by atoms with Crippen LogP contribution in [0.5, 0.6) is 0 Å². The van der Waals surface area contributed by atoms with Gasteiger partial charge in [0.05, 0.1) is 0 Å². The molecule has 0 unspecified atom stereocenters. The van der Waals surface area contributed by atoms with Crippen LogP contribution in [-0.2, 0) is 26.4 Å². The summed E-state index contributed by atoms with van der Waals surface area (Å²) in [5.41, 5.74) is 8.94. The van der Waals surface area contributed by atoms with E-state index in [1.54, 1.807) is 4.68 Å². The van der Waals surface area contributed by atoms with Crippen molar-refractivity contribution in [3.05, 3.63) is 28.7 Å². The summed E-state index contributed by atoms with van der Waals surface area (Å²) in [6, 6.07) is 2.06. The number of hydrogen-bond acceptors (Lipinski definition) is 6. The van der Waals surface area contributed by atoms with Crippen LogP contribution in [0.15, 0.2) is 6.07 Å². The zero-order valence-corrected chi connectivity index (χ0v) is 15.4. The van der Waals surface area contributed by atoms with Crippen LogP contribution in [0.4, 0.5) is 11.8 Å². The van der Waals surface area contributed by atoms with Crippen molar-refractivity contribution in [2.24, 2.45) is 12.8 Å². The molecule has 2 aliphatic heterocycles. The van der Waals surface area contributed by atoms with E-state index in [9.17, 15) is 4.79 Å². The van der Waals surface area contributed by atoms with E-state index in [1.165, 1.54) is 12.8 Å².